The summed E-state index contributed by atoms with van der Waals surface area (Å²) in [5, 5.41) is 1.69. The number of fused-ring (bicyclic) bond motifs is 1. The number of halogens is 1. The molecule has 0 radical (unpaired) electrons. The van der Waals surface area contributed by atoms with Crippen molar-refractivity contribution in [1.82, 2.24) is 4.98 Å². The van der Waals surface area contributed by atoms with E-state index in [2.05, 4.69) is 4.98 Å². The lowest BCUT2D eigenvalue weighted by Crippen LogP contribution is -1.99. The molecule has 0 unspecified atom stereocenters. The van der Waals surface area contributed by atoms with Gasteiger partial charge in [-0.25, -0.2) is 0 Å². The van der Waals surface area contributed by atoms with Crippen LogP contribution in [0.5, 0.6) is 0 Å². The molecule has 2 rings (SSSR count). The summed E-state index contributed by atoms with van der Waals surface area (Å²) < 4.78 is 0. The smallest absolute Gasteiger partial charge is 0.0720 e. The number of para-hydroxylation sites is 1. The van der Waals surface area contributed by atoms with Gasteiger partial charge in [-0.3, -0.25) is 4.98 Å². The van der Waals surface area contributed by atoms with Crippen LogP contribution < -0.4 is 5.73 Å². The van der Waals surface area contributed by atoms with E-state index >= 15 is 0 Å². The van der Waals surface area contributed by atoms with Crippen molar-refractivity contribution in [1.29, 1.82) is 0 Å². The summed E-state index contributed by atoms with van der Waals surface area (Å²) in [6, 6.07) is 9.57. The summed E-state index contributed by atoms with van der Waals surface area (Å²) in [4.78, 5) is 4.35. The molecule has 0 aliphatic heterocycles. The molecule has 1 aromatic heterocycles. The zero-order valence-corrected chi connectivity index (χ0v) is 7.75. The lowest BCUT2D eigenvalue weighted by molar-refractivity contribution is 1.01. The highest BCUT2D eigenvalue weighted by Crippen LogP contribution is 2.22. The molecule has 1 heterocycles. The number of hydrogen-bond donors (Lipinski definition) is 1. The summed E-state index contributed by atoms with van der Waals surface area (Å²) in [7, 11) is 0. The fraction of sp³-hybridized carbons (Fsp3) is 0.100. The van der Waals surface area contributed by atoms with E-state index in [0.717, 1.165) is 16.6 Å². The zero-order valence-electron chi connectivity index (χ0n) is 7.00. The van der Waals surface area contributed by atoms with Gasteiger partial charge in [-0.05, 0) is 12.1 Å². The average Bonchev–Trinajstić information content (AvgIpc) is 2.18. The van der Waals surface area contributed by atoms with E-state index in [0.29, 0.717) is 11.6 Å². The van der Waals surface area contributed by atoms with Crippen LogP contribution in [0, 0.1) is 0 Å². The highest BCUT2D eigenvalue weighted by Gasteiger charge is 2.01. The van der Waals surface area contributed by atoms with Gasteiger partial charge in [-0.2, -0.15) is 0 Å². The third-order valence-corrected chi connectivity index (χ3v) is 2.24. The topological polar surface area (TPSA) is 38.9 Å². The van der Waals surface area contributed by atoms with Gasteiger partial charge < -0.3 is 5.73 Å². The molecule has 0 spiro atoms. The molecule has 0 atom stereocenters. The Kier molecular flexibility index (Phi) is 2.17. The molecule has 2 N–H and O–H groups in total. The first-order valence-electron chi connectivity index (χ1n) is 4.05. The second-order valence-corrected chi connectivity index (χ2v) is 3.22. The van der Waals surface area contributed by atoms with Crippen LogP contribution in [0.25, 0.3) is 10.9 Å². The van der Waals surface area contributed by atoms with Crippen LogP contribution in [-0.4, -0.2) is 4.98 Å². The molecule has 0 saturated heterocycles. The summed E-state index contributed by atoms with van der Waals surface area (Å²) >= 11 is 6.05. The predicted molar refractivity (Wildman–Crippen MR) is 54.6 cm³/mol. The molecule has 2 aromatic rings. The lowest BCUT2D eigenvalue weighted by Gasteiger charge is -2.02. The number of pyridine rings is 1. The molecular weight excluding hydrogens is 184 g/mol. The van der Waals surface area contributed by atoms with E-state index in [-0.39, 0.29) is 0 Å². The molecule has 66 valence electrons. The van der Waals surface area contributed by atoms with Crippen LogP contribution in [0.15, 0.2) is 30.3 Å². The van der Waals surface area contributed by atoms with Crippen molar-refractivity contribution in [3.8, 4) is 0 Å². The number of aromatic nitrogens is 1. The first-order valence-corrected chi connectivity index (χ1v) is 4.43. The third kappa shape index (κ3) is 1.50. The van der Waals surface area contributed by atoms with Gasteiger partial charge in [0.15, 0.2) is 0 Å². The Labute approximate surface area is 81.3 Å². The number of nitrogens with two attached hydrogens (primary N) is 1. The van der Waals surface area contributed by atoms with Crippen molar-refractivity contribution in [2.24, 2.45) is 5.73 Å². The van der Waals surface area contributed by atoms with Crippen molar-refractivity contribution in [2.45, 2.75) is 6.54 Å². The Morgan fingerprint density at radius 2 is 2.08 bits per heavy atom. The first kappa shape index (κ1) is 8.48. The third-order valence-electron chi connectivity index (χ3n) is 1.93. The predicted octanol–water partition coefficient (Wildman–Crippen LogP) is 2.35. The van der Waals surface area contributed by atoms with Gasteiger partial charge in [0.05, 0.1) is 16.2 Å². The molecule has 0 amide bonds. The minimum Gasteiger partial charge on any atom is -0.325 e. The fourth-order valence-electron chi connectivity index (χ4n) is 1.29. The Morgan fingerprint density at radius 3 is 2.85 bits per heavy atom. The van der Waals surface area contributed by atoms with Crippen molar-refractivity contribution < 1.29 is 0 Å². The molecule has 0 aliphatic carbocycles. The summed E-state index contributed by atoms with van der Waals surface area (Å²) in [6.07, 6.45) is 0. The van der Waals surface area contributed by atoms with Crippen molar-refractivity contribution in [3.05, 3.63) is 41.0 Å². The van der Waals surface area contributed by atoms with Crippen molar-refractivity contribution in [2.75, 3.05) is 0 Å². The van der Waals surface area contributed by atoms with E-state index in [1.54, 1.807) is 0 Å². The molecule has 0 fully saturated rings. The van der Waals surface area contributed by atoms with Crippen molar-refractivity contribution >= 4 is 22.5 Å². The second kappa shape index (κ2) is 3.32. The molecule has 0 bridgehead atoms. The first-order chi connectivity index (χ1) is 6.31. The maximum absolute atomic E-state index is 6.05. The number of rotatable bonds is 1. The van der Waals surface area contributed by atoms with Crippen LogP contribution in [0.3, 0.4) is 0 Å². The van der Waals surface area contributed by atoms with E-state index in [4.69, 9.17) is 17.3 Å². The maximum atomic E-state index is 6.05. The van der Waals surface area contributed by atoms with Gasteiger partial charge >= 0.3 is 0 Å². The molecule has 0 aliphatic rings. The van der Waals surface area contributed by atoms with Gasteiger partial charge in [-0.15, -0.1) is 0 Å². The highest BCUT2D eigenvalue weighted by atomic mass is 35.5. The Bertz CT molecular complexity index is 440. The van der Waals surface area contributed by atoms with Crippen LogP contribution >= 0.6 is 11.6 Å². The summed E-state index contributed by atoms with van der Waals surface area (Å²) in [5.41, 5.74) is 7.21. The number of hydrogen-bond acceptors (Lipinski definition) is 2. The van der Waals surface area contributed by atoms with E-state index in [9.17, 15) is 0 Å². The molecule has 1 aromatic carbocycles. The van der Waals surface area contributed by atoms with E-state index in [1.807, 2.05) is 30.3 Å². The molecule has 13 heavy (non-hydrogen) atoms. The normalized spacial score (nSPS) is 10.6. The Hall–Kier alpha value is -1.12. The quantitative estimate of drug-likeness (QED) is 0.754. The second-order valence-electron chi connectivity index (χ2n) is 2.82. The number of nitrogens with zero attached hydrogens (tertiary/aromatic N) is 1. The van der Waals surface area contributed by atoms with Crippen molar-refractivity contribution in [3.63, 3.8) is 0 Å². The van der Waals surface area contributed by atoms with Gasteiger partial charge in [0.1, 0.15) is 0 Å². The Morgan fingerprint density at radius 1 is 1.31 bits per heavy atom. The van der Waals surface area contributed by atoms with Gasteiger partial charge in [-0.1, -0.05) is 29.8 Å². The SMILES string of the molecule is NCc1cc(Cl)c2ccccc2n1. The van der Waals surface area contributed by atoms with Gasteiger partial charge in [0.25, 0.3) is 0 Å². The average molecular weight is 193 g/mol. The highest BCUT2D eigenvalue weighted by molar-refractivity contribution is 6.35. The monoisotopic (exact) mass is 192 g/mol. The van der Waals surface area contributed by atoms with E-state index in [1.165, 1.54) is 0 Å². The van der Waals surface area contributed by atoms with Gasteiger partial charge in [0, 0.05) is 11.9 Å². The maximum Gasteiger partial charge on any atom is 0.0720 e. The number of benzene rings is 1. The van der Waals surface area contributed by atoms with Gasteiger partial charge in [0.2, 0.25) is 0 Å². The molecule has 3 heteroatoms. The summed E-state index contributed by atoms with van der Waals surface area (Å²) in [5.74, 6) is 0. The van der Waals surface area contributed by atoms with Crippen LogP contribution in [-0.2, 0) is 6.54 Å². The molecular formula is C10H9ClN2. The minimum atomic E-state index is 0.421. The lowest BCUT2D eigenvalue weighted by atomic mass is 10.2. The molecule has 0 saturated carbocycles. The van der Waals surface area contributed by atoms with Crippen LogP contribution in [0.2, 0.25) is 5.02 Å². The molecule has 2 nitrogen and oxygen atoms in total. The Balaban J connectivity index is 2.77. The van der Waals surface area contributed by atoms with Crippen LogP contribution in [0.1, 0.15) is 5.69 Å². The summed E-state index contributed by atoms with van der Waals surface area (Å²) in [6.45, 7) is 0.421. The largest absolute Gasteiger partial charge is 0.325 e. The standard InChI is InChI=1S/C10H9ClN2/c11-9-5-7(6-12)13-10-4-2-1-3-8(9)10/h1-5H,6,12H2. The van der Waals surface area contributed by atoms with E-state index < -0.39 is 0 Å². The van der Waals surface area contributed by atoms with Crippen LogP contribution in [0.4, 0.5) is 0 Å². The zero-order chi connectivity index (χ0) is 9.26. The minimum absolute atomic E-state index is 0.421. The fourth-order valence-corrected chi connectivity index (χ4v) is 1.57.